The SMILES string of the molecule is Cc1cccc(F)c1.NC(=O)c1nccc2[nH]c([C@H]3CCC(C4CCC4)C3)cc(=O)c12. The van der Waals surface area contributed by atoms with E-state index in [-0.39, 0.29) is 16.9 Å². The molecule has 0 bridgehead atoms. The molecule has 162 valence electrons. The maximum atomic E-state index is 12.5. The largest absolute Gasteiger partial charge is 0.364 e. The lowest BCUT2D eigenvalue weighted by Crippen LogP contribution is -2.20. The average molecular weight is 422 g/mol. The number of primary amides is 1. The van der Waals surface area contributed by atoms with Gasteiger partial charge in [-0.15, -0.1) is 0 Å². The molecule has 0 saturated heterocycles. The van der Waals surface area contributed by atoms with Crippen molar-refractivity contribution in [3.05, 3.63) is 75.6 Å². The Kier molecular flexibility index (Phi) is 6.16. The molecule has 3 N–H and O–H groups in total. The van der Waals surface area contributed by atoms with Crippen LogP contribution in [0.1, 0.15) is 66.2 Å². The molecule has 2 heterocycles. The van der Waals surface area contributed by atoms with Gasteiger partial charge >= 0.3 is 0 Å². The Labute approximate surface area is 180 Å². The summed E-state index contributed by atoms with van der Waals surface area (Å²) < 4.78 is 12.2. The molecule has 0 radical (unpaired) electrons. The van der Waals surface area contributed by atoms with Crippen LogP contribution in [-0.4, -0.2) is 15.9 Å². The number of hydrogen-bond donors (Lipinski definition) is 2. The number of aryl methyl sites for hydroxylation is 1. The van der Waals surface area contributed by atoms with Gasteiger partial charge in [0.2, 0.25) is 0 Å². The molecule has 2 saturated carbocycles. The second kappa shape index (κ2) is 9.00. The predicted molar refractivity (Wildman–Crippen MR) is 119 cm³/mol. The molecule has 5 rings (SSSR count). The van der Waals surface area contributed by atoms with Gasteiger partial charge in [-0.2, -0.15) is 0 Å². The Balaban J connectivity index is 0.000000245. The van der Waals surface area contributed by atoms with E-state index in [4.69, 9.17) is 5.73 Å². The fourth-order valence-electron chi connectivity index (χ4n) is 4.87. The molecule has 1 amide bonds. The third-order valence-corrected chi connectivity index (χ3v) is 6.71. The Hall–Kier alpha value is -3.02. The highest BCUT2D eigenvalue weighted by Gasteiger charge is 2.34. The summed E-state index contributed by atoms with van der Waals surface area (Å²) in [7, 11) is 0. The standard InChI is InChI=1S/C18H21N3O2.C7H7F/c19-18(23)17-16-13(6-7-20-17)21-14(9-15(16)22)12-5-4-11(8-12)10-2-1-3-10;1-6-3-2-4-7(8)5-6/h6-7,9-12H,1-5,8H2,(H2,19,23)(H,21,22);2-5H,1H3/t11?,12-;/m0./s1. The van der Waals surface area contributed by atoms with Crippen LogP contribution in [0.2, 0.25) is 0 Å². The van der Waals surface area contributed by atoms with Crippen LogP contribution in [0.4, 0.5) is 4.39 Å². The molecule has 0 aliphatic heterocycles. The number of carbonyl (C=O) groups is 1. The summed E-state index contributed by atoms with van der Waals surface area (Å²) >= 11 is 0. The summed E-state index contributed by atoms with van der Waals surface area (Å²) in [6.45, 7) is 1.86. The topological polar surface area (TPSA) is 88.8 Å². The van der Waals surface area contributed by atoms with E-state index in [2.05, 4.69) is 9.97 Å². The quantitative estimate of drug-likeness (QED) is 0.634. The second-order valence-corrected chi connectivity index (χ2v) is 8.80. The summed E-state index contributed by atoms with van der Waals surface area (Å²) in [6, 6.07) is 9.88. The number of carbonyl (C=O) groups excluding carboxylic acids is 1. The first-order chi connectivity index (χ1) is 14.9. The highest BCUT2D eigenvalue weighted by atomic mass is 19.1. The number of nitrogens with zero attached hydrogens (tertiary/aromatic N) is 1. The van der Waals surface area contributed by atoms with Gasteiger partial charge in [-0.1, -0.05) is 31.4 Å². The number of fused-ring (bicyclic) bond motifs is 1. The van der Waals surface area contributed by atoms with E-state index in [1.807, 2.05) is 13.0 Å². The number of rotatable bonds is 3. The Morgan fingerprint density at radius 1 is 1.13 bits per heavy atom. The molecule has 2 aromatic heterocycles. The van der Waals surface area contributed by atoms with E-state index in [9.17, 15) is 14.0 Å². The number of aromatic amines is 1. The smallest absolute Gasteiger partial charge is 0.268 e. The van der Waals surface area contributed by atoms with Crippen LogP contribution in [0.15, 0.2) is 47.4 Å². The van der Waals surface area contributed by atoms with E-state index < -0.39 is 5.91 Å². The Morgan fingerprint density at radius 3 is 2.55 bits per heavy atom. The highest BCUT2D eigenvalue weighted by molar-refractivity contribution is 6.03. The molecule has 2 aliphatic rings. The number of H-pyrrole nitrogens is 1. The second-order valence-electron chi connectivity index (χ2n) is 8.80. The summed E-state index contributed by atoms with van der Waals surface area (Å²) in [5.74, 6) is 1.30. The number of amides is 1. The lowest BCUT2D eigenvalue weighted by atomic mass is 9.75. The molecule has 2 fully saturated rings. The minimum absolute atomic E-state index is 0.0501. The minimum Gasteiger partial charge on any atom is -0.364 e. The van der Waals surface area contributed by atoms with Gasteiger partial charge in [0.1, 0.15) is 11.5 Å². The van der Waals surface area contributed by atoms with Crippen LogP contribution in [0, 0.1) is 24.6 Å². The van der Waals surface area contributed by atoms with Gasteiger partial charge < -0.3 is 10.7 Å². The average Bonchev–Trinajstić information content (AvgIpc) is 3.15. The summed E-state index contributed by atoms with van der Waals surface area (Å²) in [5, 5.41) is 0.303. The van der Waals surface area contributed by atoms with Crippen molar-refractivity contribution in [1.82, 2.24) is 9.97 Å². The van der Waals surface area contributed by atoms with Crippen LogP contribution >= 0.6 is 0 Å². The normalized spacial score (nSPS) is 20.7. The van der Waals surface area contributed by atoms with Gasteiger partial charge in [0, 0.05) is 18.0 Å². The van der Waals surface area contributed by atoms with E-state index in [1.54, 1.807) is 18.2 Å². The summed E-state index contributed by atoms with van der Waals surface area (Å²) in [6.07, 6.45) is 9.21. The maximum Gasteiger partial charge on any atom is 0.268 e. The maximum absolute atomic E-state index is 12.5. The van der Waals surface area contributed by atoms with Crippen LogP contribution in [-0.2, 0) is 0 Å². The monoisotopic (exact) mass is 421 g/mol. The molecule has 3 aromatic rings. The zero-order chi connectivity index (χ0) is 22.0. The van der Waals surface area contributed by atoms with Gasteiger partial charge in [-0.3, -0.25) is 14.6 Å². The van der Waals surface area contributed by atoms with Crippen LogP contribution in [0.5, 0.6) is 0 Å². The van der Waals surface area contributed by atoms with Gasteiger partial charge in [-0.05, 0) is 67.7 Å². The van der Waals surface area contributed by atoms with Crippen LogP contribution < -0.4 is 11.2 Å². The molecule has 6 heteroatoms. The van der Waals surface area contributed by atoms with Gasteiger partial charge in [0.25, 0.3) is 5.91 Å². The predicted octanol–water partition coefficient (Wildman–Crippen LogP) is 4.84. The number of nitrogens with one attached hydrogen (secondary N) is 1. The number of hydrogen-bond acceptors (Lipinski definition) is 3. The first-order valence-electron chi connectivity index (χ1n) is 11.0. The fraction of sp³-hybridized carbons (Fsp3) is 0.400. The Bertz CT molecular complexity index is 1140. The van der Waals surface area contributed by atoms with Crippen molar-refractivity contribution >= 4 is 16.8 Å². The fourth-order valence-corrected chi connectivity index (χ4v) is 4.87. The van der Waals surface area contributed by atoms with E-state index >= 15 is 0 Å². The molecular formula is C25H28FN3O2. The first-order valence-corrected chi connectivity index (χ1v) is 11.0. The molecule has 1 aromatic carbocycles. The zero-order valence-electron chi connectivity index (χ0n) is 17.7. The zero-order valence-corrected chi connectivity index (χ0v) is 17.7. The molecular weight excluding hydrogens is 393 g/mol. The van der Waals surface area contributed by atoms with Crippen molar-refractivity contribution in [2.75, 3.05) is 0 Å². The van der Waals surface area contributed by atoms with Crippen molar-refractivity contribution in [3.63, 3.8) is 0 Å². The highest BCUT2D eigenvalue weighted by Crippen LogP contribution is 2.47. The lowest BCUT2D eigenvalue weighted by molar-refractivity contribution is 0.0997. The van der Waals surface area contributed by atoms with Crippen molar-refractivity contribution in [2.24, 2.45) is 17.6 Å². The lowest BCUT2D eigenvalue weighted by Gasteiger charge is -2.31. The summed E-state index contributed by atoms with van der Waals surface area (Å²) in [5.41, 5.74) is 7.82. The minimum atomic E-state index is -0.667. The van der Waals surface area contributed by atoms with Crippen LogP contribution in [0.3, 0.4) is 0 Å². The van der Waals surface area contributed by atoms with Crippen molar-refractivity contribution < 1.29 is 9.18 Å². The molecule has 1 unspecified atom stereocenters. The molecule has 31 heavy (non-hydrogen) atoms. The number of pyridine rings is 2. The van der Waals surface area contributed by atoms with Crippen LogP contribution in [0.25, 0.3) is 10.9 Å². The molecule has 5 nitrogen and oxygen atoms in total. The number of benzene rings is 1. The molecule has 0 spiro atoms. The van der Waals surface area contributed by atoms with Crippen molar-refractivity contribution in [1.29, 1.82) is 0 Å². The Morgan fingerprint density at radius 2 is 1.94 bits per heavy atom. The van der Waals surface area contributed by atoms with Gasteiger partial charge in [-0.25, -0.2) is 4.39 Å². The third-order valence-electron chi connectivity index (χ3n) is 6.71. The van der Waals surface area contributed by atoms with Gasteiger partial charge in [0.05, 0.1) is 10.9 Å². The number of nitrogens with two attached hydrogens (primary N) is 1. The van der Waals surface area contributed by atoms with E-state index in [0.29, 0.717) is 16.8 Å². The van der Waals surface area contributed by atoms with E-state index in [0.717, 1.165) is 29.5 Å². The van der Waals surface area contributed by atoms with Crippen molar-refractivity contribution in [3.8, 4) is 0 Å². The number of aromatic nitrogens is 2. The third kappa shape index (κ3) is 4.68. The molecule has 2 atom stereocenters. The van der Waals surface area contributed by atoms with E-state index in [1.165, 1.54) is 50.4 Å². The molecule has 2 aliphatic carbocycles. The summed E-state index contributed by atoms with van der Waals surface area (Å²) in [4.78, 5) is 31.3. The first kappa shape index (κ1) is 21.2. The number of halogens is 1. The van der Waals surface area contributed by atoms with Gasteiger partial charge in [0.15, 0.2) is 5.43 Å². The van der Waals surface area contributed by atoms with Crippen molar-refractivity contribution in [2.45, 2.75) is 51.4 Å².